The highest BCUT2D eigenvalue weighted by Crippen LogP contribution is 1.99. The number of piperazine rings is 1. The van der Waals surface area contributed by atoms with Crippen LogP contribution in [0.4, 0.5) is 4.79 Å². The molecule has 0 aliphatic carbocycles. The molecule has 3 amide bonds. The van der Waals surface area contributed by atoms with Gasteiger partial charge in [0.25, 0.3) is 0 Å². The van der Waals surface area contributed by atoms with Crippen molar-refractivity contribution in [2.24, 2.45) is 0 Å². The first-order chi connectivity index (χ1) is 7.52. The van der Waals surface area contributed by atoms with Crippen LogP contribution >= 0.6 is 0 Å². The summed E-state index contributed by atoms with van der Waals surface area (Å²) in [6.07, 6.45) is 0. The number of nitrogens with one attached hydrogen (secondary N) is 1. The van der Waals surface area contributed by atoms with E-state index in [0.717, 1.165) is 13.1 Å². The van der Waals surface area contributed by atoms with Crippen LogP contribution in [0.5, 0.6) is 0 Å². The molecule has 0 aromatic rings. The highest BCUT2D eigenvalue weighted by molar-refractivity contribution is 5.83. The van der Waals surface area contributed by atoms with Gasteiger partial charge in [-0.05, 0) is 0 Å². The van der Waals surface area contributed by atoms with E-state index in [0.29, 0.717) is 13.1 Å². The van der Waals surface area contributed by atoms with Gasteiger partial charge in [-0.1, -0.05) is 0 Å². The minimum Gasteiger partial charge on any atom is -0.347 e. The van der Waals surface area contributed by atoms with Crippen LogP contribution in [0.3, 0.4) is 0 Å². The van der Waals surface area contributed by atoms with E-state index in [9.17, 15) is 9.59 Å². The minimum atomic E-state index is -0.0725. The zero-order chi connectivity index (χ0) is 12.1. The van der Waals surface area contributed by atoms with Crippen LogP contribution in [-0.4, -0.2) is 80.5 Å². The summed E-state index contributed by atoms with van der Waals surface area (Å²) in [6.45, 7) is 3.19. The van der Waals surface area contributed by atoms with Crippen LogP contribution in [0.1, 0.15) is 0 Å². The van der Waals surface area contributed by atoms with E-state index < -0.39 is 0 Å². The number of hydrogen-bond acceptors (Lipinski definition) is 3. The van der Waals surface area contributed by atoms with E-state index in [1.165, 1.54) is 9.80 Å². The molecule has 0 atom stereocenters. The molecule has 1 saturated heterocycles. The van der Waals surface area contributed by atoms with Gasteiger partial charge in [0.15, 0.2) is 0 Å². The molecule has 0 aromatic carbocycles. The Balaban J connectivity index is 2.43. The van der Waals surface area contributed by atoms with Crippen molar-refractivity contribution in [3.63, 3.8) is 0 Å². The summed E-state index contributed by atoms with van der Waals surface area (Å²) < 4.78 is 0. The number of amides is 3. The molecule has 1 aliphatic heterocycles. The summed E-state index contributed by atoms with van der Waals surface area (Å²) >= 11 is 0. The Bertz CT molecular complexity index is 262. The molecule has 1 rings (SSSR count). The second-order valence-corrected chi connectivity index (χ2v) is 4.16. The lowest BCUT2D eigenvalue weighted by atomic mass is 10.4. The van der Waals surface area contributed by atoms with E-state index in [-0.39, 0.29) is 18.5 Å². The third-order valence-electron chi connectivity index (χ3n) is 2.59. The summed E-state index contributed by atoms with van der Waals surface area (Å²) in [4.78, 5) is 28.1. The van der Waals surface area contributed by atoms with Crippen molar-refractivity contribution in [1.82, 2.24) is 20.0 Å². The Morgan fingerprint density at radius 3 is 2.25 bits per heavy atom. The Morgan fingerprint density at radius 1 is 1.19 bits per heavy atom. The molecule has 6 nitrogen and oxygen atoms in total. The average molecular weight is 228 g/mol. The second-order valence-electron chi connectivity index (χ2n) is 4.16. The molecule has 6 heteroatoms. The molecule has 1 heterocycles. The topological polar surface area (TPSA) is 55.9 Å². The molecule has 0 radical (unpaired) electrons. The zero-order valence-corrected chi connectivity index (χ0v) is 10.2. The molecule has 0 unspecified atom stereocenters. The van der Waals surface area contributed by atoms with Crippen molar-refractivity contribution >= 4 is 11.9 Å². The number of rotatable bonds is 2. The number of urea groups is 1. The lowest BCUT2D eigenvalue weighted by Gasteiger charge is -2.31. The maximum atomic E-state index is 11.9. The molecule has 92 valence electrons. The number of carbonyl (C=O) groups excluding carboxylic acids is 2. The Morgan fingerprint density at radius 2 is 1.75 bits per heavy atom. The molecular formula is C10H20N4O2. The third kappa shape index (κ3) is 3.37. The molecule has 1 aliphatic rings. The second kappa shape index (κ2) is 5.69. The summed E-state index contributed by atoms with van der Waals surface area (Å²) in [5, 5.41) is 3.18. The molecule has 1 fully saturated rings. The van der Waals surface area contributed by atoms with Gasteiger partial charge in [-0.15, -0.1) is 0 Å². The normalized spacial score (nSPS) is 15.8. The van der Waals surface area contributed by atoms with Gasteiger partial charge in [-0.25, -0.2) is 4.79 Å². The molecule has 0 aromatic heterocycles. The molecule has 16 heavy (non-hydrogen) atoms. The van der Waals surface area contributed by atoms with Gasteiger partial charge < -0.3 is 20.0 Å². The standard InChI is InChI=1S/C10H20N4O2/c1-12(2)9(15)8-13(3)10(16)14-6-4-11-5-7-14/h11H,4-8H2,1-3H3. The Labute approximate surface area is 96.2 Å². The van der Waals surface area contributed by atoms with Crippen LogP contribution in [-0.2, 0) is 4.79 Å². The van der Waals surface area contributed by atoms with E-state index in [2.05, 4.69) is 5.32 Å². The fraction of sp³-hybridized carbons (Fsp3) is 0.800. The van der Waals surface area contributed by atoms with Gasteiger partial charge in [0.05, 0.1) is 0 Å². The fourth-order valence-corrected chi connectivity index (χ4v) is 1.51. The predicted octanol–water partition coefficient (Wildman–Crippen LogP) is -0.968. The Kier molecular flexibility index (Phi) is 4.54. The summed E-state index contributed by atoms with van der Waals surface area (Å²) in [5.74, 6) is -0.0639. The number of hydrogen-bond donors (Lipinski definition) is 1. The molecule has 0 spiro atoms. The molecular weight excluding hydrogens is 208 g/mol. The first kappa shape index (κ1) is 12.8. The van der Waals surface area contributed by atoms with E-state index >= 15 is 0 Å². The molecule has 0 saturated carbocycles. The van der Waals surface area contributed by atoms with Crippen LogP contribution < -0.4 is 5.32 Å². The van der Waals surface area contributed by atoms with Gasteiger partial charge in [-0.2, -0.15) is 0 Å². The largest absolute Gasteiger partial charge is 0.347 e. The summed E-state index contributed by atoms with van der Waals surface area (Å²) in [6, 6.07) is -0.0725. The quantitative estimate of drug-likeness (QED) is 0.662. The van der Waals surface area contributed by atoms with Crippen molar-refractivity contribution in [2.75, 3.05) is 53.9 Å². The predicted molar refractivity (Wildman–Crippen MR) is 61.2 cm³/mol. The first-order valence-electron chi connectivity index (χ1n) is 5.43. The van der Waals surface area contributed by atoms with Crippen LogP contribution in [0, 0.1) is 0 Å². The highest BCUT2D eigenvalue weighted by atomic mass is 16.2. The SMILES string of the molecule is CN(C)C(=O)CN(C)C(=O)N1CCNCC1. The number of likely N-dealkylation sites (N-methyl/N-ethyl adjacent to an activating group) is 2. The highest BCUT2D eigenvalue weighted by Gasteiger charge is 2.21. The van der Waals surface area contributed by atoms with Crippen molar-refractivity contribution in [3.8, 4) is 0 Å². The summed E-state index contributed by atoms with van der Waals surface area (Å²) in [5.41, 5.74) is 0. The Hall–Kier alpha value is -1.30. The number of nitrogens with zero attached hydrogens (tertiary/aromatic N) is 3. The van der Waals surface area contributed by atoms with Crippen molar-refractivity contribution in [3.05, 3.63) is 0 Å². The van der Waals surface area contributed by atoms with Gasteiger partial charge >= 0.3 is 6.03 Å². The average Bonchev–Trinajstić information content (AvgIpc) is 2.28. The van der Waals surface area contributed by atoms with E-state index in [1.54, 1.807) is 26.0 Å². The maximum absolute atomic E-state index is 11.9. The van der Waals surface area contributed by atoms with E-state index in [1.807, 2.05) is 0 Å². The lowest BCUT2D eigenvalue weighted by molar-refractivity contribution is -0.129. The van der Waals surface area contributed by atoms with Crippen LogP contribution in [0.2, 0.25) is 0 Å². The zero-order valence-electron chi connectivity index (χ0n) is 10.2. The first-order valence-corrected chi connectivity index (χ1v) is 5.43. The molecule has 0 bridgehead atoms. The van der Waals surface area contributed by atoms with Gasteiger partial charge in [0, 0.05) is 47.3 Å². The third-order valence-corrected chi connectivity index (χ3v) is 2.59. The summed E-state index contributed by atoms with van der Waals surface area (Å²) in [7, 11) is 5.03. The fourth-order valence-electron chi connectivity index (χ4n) is 1.51. The van der Waals surface area contributed by atoms with Crippen molar-refractivity contribution in [1.29, 1.82) is 0 Å². The van der Waals surface area contributed by atoms with Crippen molar-refractivity contribution < 1.29 is 9.59 Å². The van der Waals surface area contributed by atoms with Gasteiger partial charge in [-0.3, -0.25) is 4.79 Å². The van der Waals surface area contributed by atoms with Crippen molar-refractivity contribution in [2.45, 2.75) is 0 Å². The molecule has 1 N–H and O–H groups in total. The van der Waals surface area contributed by atoms with Gasteiger partial charge in [0.1, 0.15) is 6.54 Å². The maximum Gasteiger partial charge on any atom is 0.320 e. The lowest BCUT2D eigenvalue weighted by Crippen LogP contribution is -2.52. The monoisotopic (exact) mass is 228 g/mol. The van der Waals surface area contributed by atoms with Gasteiger partial charge in [0.2, 0.25) is 5.91 Å². The minimum absolute atomic E-state index is 0.0639. The van der Waals surface area contributed by atoms with Crippen LogP contribution in [0.25, 0.3) is 0 Å². The van der Waals surface area contributed by atoms with Crippen LogP contribution in [0.15, 0.2) is 0 Å². The smallest absolute Gasteiger partial charge is 0.320 e. The number of carbonyl (C=O) groups is 2. The van der Waals surface area contributed by atoms with E-state index in [4.69, 9.17) is 0 Å².